The molecule has 2 rings (SSSR count). The molecule has 0 heterocycles. The van der Waals surface area contributed by atoms with Crippen LogP contribution in [0.4, 0.5) is 27.6 Å². The van der Waals surface area contributed by atoms with E-state index in [0.717, 1.165) is 36.4 Å². The predicted molar refractivity (Wildman–Crippen MR) is 92.7 cm³/mol. The number of rotatable bonds is 6. The molecule has 2 aromatic rings. The first-order valence-corrected chi connectivity index (χ1v) is 8.04. The van der Waals surface area contributed by atoms with Crippen molar-refractivity contribution >= 4 is 23.6 Å². The molecule has 1 atom stereocenters. The standard InChI is InChI=1S/C19H14F5NO4/c1-11(18(27)25-16-10-13(20)5-8-15(16)21)28-17(26)9-4-12-2-6-14(7-3-12)29-19(22,23)24/h2-11H,1H3,(H,25,27)/b9-4+. The van der Waals surface area contributed by atoms with Crippen molar-refractivity contribution in [2.75, 3.05) is 5.32 Å². The molecule has 0 radical (unpaired) electrons. The normalized spacial score (nSPS) is 12.5. The molecule has 0 aliphatic carbocycles. The number of nitrogens with one attached hydrogen (secondary N) is 1. The molecule has 0 spiro atoms. The van der Waals surface area contributed by atoms with E-state index in [1.807, 2.05) is 0 Å². The van der Waals surface area contributed by atoms with E-state index in [-0.39, 0.29) is 0 Å². The highest BCUT2D eigenvalue weighted by atomic mass is 19.4. The SMILES string of the molecule is CC(OC(=O)/C=C/c1ccc(OC(F)(F)F)cc1)C(=O)Nc1cc(F)ccc1F. The minimum Gasteiger partial charge on any atom is -0.449 e. The molecule has 0 fully saturated rings. The van der Waals surface area contributed by atoms with E-state index in [4.69, 9.17) is 4.74 Å². The van der Waals surface area contributed by atoms with Gasteiger partial charge in [-0.05, 0) is 42.8 Å². The fourth-order valence-corrected chi connectivity index (χ4v) is 2.04. The van der Waals surface area contributed by atoms with E-state index < -0.39 is 47.4 Å². The highest BCUT2D eigenvalue weighted by Gasteiger charge is 2.30. The largest absolute Gasteiger partial charge is 0.573 e. The lowest BCUT2D eigenvalue weighted by Gasteiger charge is -2.13. The molecule has 0 bridgehead atoms. The number of alkyl halides is 3. The van der Waals surface area contributed by atoms with Gasteiger partial charge in [0.15, 0.2) is 6.10 Å². The number of carbonyl (C=O) groups is 2. The third-order valence-electron chi connectivity index (χ3n) is 3.37. The van der Waals surface area contributed by atoms with Gasteiger partial charge in [-0.25, -0.2) is 13.6 Å². The molecule has 2 aromatic carbocycles. The first kappa shape index (κ1) is 21.9. The fourth-order valence-electron chi connectivity index (χ4n) is 2.04. The van der Waals surface area contributed by atoms with E-state index in [2.05, 4.69) is 10.1 Å². The highest BCUT2D eigenvalue weighted by molar-refractivity contribution is 5.96. The molecule has 1 N–H and O–H groups in total. The van der Waals surface area contributed by atoms with Crippen molar-refractivity contribution in [1.29, 1.82) is 0 Å². The molecule has 0 aliphatic heterocycles. The number of benzene rings is 2. The van der Waals surface area contributed by atoms with E-state index in [1.165, 1.54) is 25.1 Å². The second-order valence-electron chi connectivity index (χ2n) is 5.64. The number of carbonyl (C=O) groups excluding carboxylic acids is 2. The van der Waals surface area contributed by atoms with Crippen LogP contribution in [0.2, 0.25) is 0 Å². The number of anilines is 1. The Labute approximate surface area is 161 Å². The second-order valence-corrected chi connectivity index (χ2v) is 5.64. The average Bonchev–Trinajstić information content (AvgIpc) is 2.63. The molecule has 0 saturated heterocycles. The summed E-state index contributed by atoms with van der Waals surface area (Å²) in [6, 6.07) is 7.13. The minimum atomic E-state index is -4.81. The summed E-state index contributed by atoms with van der Waals surface area (Å²) in [5.41, 5.74) is -0.0370. The molecule has 1 unspecified atom stereocenters. The number of esters is 1. The Bertz CT molecular complexity index is 910. The summed E-state index contributed by atoms with van der Waals surface area (Å²) in [6.07, 6.45) is -3.94. The van der Waals surface area contributed by atoms with Gasteiger partial charge in [-0.15, -0.1) is 13.2 Å². The molecular weight excluding hydrogens is 401 g/mol. The molecule has 29 heavy (non-hydrogen) atoms. The summed E-state index contributed by atoms with van der Waals surface area (Å²) in [7, 11) is 0. The van der Waals surface area contributed by atoms with Gasteiger partial charge >= 0.3 is 12.3 Å². The maximum atomic E-state index is 13.5. The van der Waals surface area contributed by atoms with E-state index in [0.29, 0.717) is 5.56 Å². The van der Waals surface area contributed by atoms with E-state index >= 15 is 0 Å². The Morgan fingerprint density at radius 3 is 2.34 bits per heavy atom. The minimum absolute atomic E-state index is 0.371. The van der Waals surface area contributed by atoms with Crippen molar-refractivity contribution in [2.45, 2.75) is 19.4 Å². The zero-order valence-corrected chi connectivity index (χ0v) is 14.8. The van der Waals surface area contributed by atoms with Crippen LogP contribution in [-0.4, -0.2) is 24.3 Å². The zero-order chi connectivity index (χ0) is 21.6. The van der Waals surface area contributed by atoms with Crippen LogP contribution in [0.25, 0.3) is 6.08 Å². The van der Waals surface area contributed by atoms with Crippen LogP contribution in [0, 0.1) is 11.6 Å². The van der Waals surface area contributed by atoms with Gasteiger partial charge in [-0.2, -0.15) is 0 Å². The van der Waals surface area contributed by atoms with Crippen LogP contribution in [0.3, 0.4) is 0 Å². The summed E-state index contributed by atoms with van der Waals surface area (Å²) < 4.78 is 71.4. The van der Waals surface area contributed by atoms with Crippen LogP contribution < -0.4 is 10.1 Å². The third kappa shape index (κ3) is 7.24. The van der Waals surface area contributed by atoms with Crippen molar-refractivity contribution in [3.63, 3.8) is 0 Å². The van der Waals surface area contributed by atoms with Crippen LogP contribution in [0.15, 0.2) is 48.5 Å². The van der Waals surface area contributed by atoms with Gasteiger partial charge in [0, 0.05) is 12.1 Å². The second kappa shape index (κ2) is 9.18. The van der Waals surface area contributed by atoms with Crippen LogP contribution in [-0.2, 0) is 14.3 Å². The maximum Gasteiger partial charge on any atom is 0.573 e. The monoisotopic (exact) mass is 415 g/mol. The van der Waals surface area contributed by atoms with Gasteiger partial charge in [0.05, 0.1) is 5.69 Å². The summed E-state index contributed by atoms with van der Waals surface area (Å²) in [5, 5.41) is 2.09. The van der Waals surface area contributed by atoms with Crippen molar-refractivity contribution in [2.24, 2.45) is 0 Å². The average molecular weight is 415 g/mol. The Kier molecular flexibility index (Phi) is 6.92. The Balaban J connectivity index is 1.90. The van der Waals surface area contributed by atoms with Crippen molar-refractivity contribution in [3.8, 4) is 5.75 Å². The lowest BCUT2D eigenvalue weighted by molar-refractivity contribution is -0.274. The van der Waals surface area contributed by atoms with Gasteiger partial charge < -0.3 is 14.8 Å². The fraction of sp³-hybridized carbons (Fsp3) is 0.158. The van der Waals surface area contributed by atoms with E-state index in [9.17, 15) is 31.5 Å². The first-order chi connectivity index (χ1) is 13.5. The van der Waals surface area contributed by atoms with Crippen molar-refractivity contribution in [1.82, 2.24) is 0 Å². The van der Waals surface area contributed by atoms with Gasteiger partial charge in [0.1, 0.15) is 17.4 Å². The summed E-state index contributed by atoms with van der Waals surface area (Å²) in [6.45, 7) is 1.22. The topological polar surface area (TPSA) is 64.6 Å². The number of amides is 1. The Morgan fingerprint density at radius 2 is 1.72 bits per heavy atom. The lowest BCUT2D eigenvalue weighted by atomic mass is 10.2. The smallest absolute Gasteiger partial charge is 0.449 e. The molecule has 0 aliphatic rings. The van der Waals surface area contributed by atoms with Crippen molar-refractivity contribution < 1.29 is 41.0 Å². The van der Waals surface area contributed by atoms with E-state index in [1.54, 1.807) is 0 Å². The predicted octanol–water partition coefficient (Wildman–Crippen LogP) is 4.45. The first-order valence-electron chi connectivity index (χ1n) is 8.04. The highest BCUT2D eigenvalue weighted by Crippen LogP contribution is 2.23. The molecule has 0 saturated carbocycles. The molecule has 154 valence electrons. The van der Waals surface area contributed by atoms with Crippen LogP contribution in [0.5, 0.6) is 5.75 Å². The summed E-state index contributed by atoms with van der Waals surface area (Å²) in [4.78, 5) is 23.7. The Morgan fingerprint density at radius 1 is 1.07 bits per heavy atom. The van der Waals surface area contributed by atoms with Crippen LogP contribution in [0.1, 0.15) is 12.5 Å². The number of halogens is 5. The quantitative estimate of drug-likeness (QED) is 0.430. The lowest BCUT2D eigenvalue weighted by Crippen LogP contribution is -2.29. The number of ether oxygens (including phenoxy) is 2. The molecule has 10 heteroatoms. The molecular formula is C19H14F5NO4. The number of hydrogen-bond acceptors (Lipinski definition) is 4. The van der Waals surface area contributed by atoms with Gasteiger partial charge in [0.25, 0.3) is 5.91 Å². The van der Waals surface area contributed by atoms with Crippen molar-refractivity contribution in [3.05, 3.63) is 65.7 Å². The maximum absolute atomic E-state index is 13.5. The summed E-state index contributed by atoms with van der Waals surface area (Å²) >= 11 is 0. The Hall–Kier alpha value is -3.43. The van der Waals surface area contributed by atoms with Gasteiger partial charge in [-0.3, -0.25) is 4.79 Å². The third-order valence-corrected chi connectivity index (χ3v) is 3.37. The van der Waals surface area contributed by atoms with Gasteiger partial charge in [-0.1, -0.05) is 12.1 Å². The van der Waals surface area contributed by atoms with Gasteiger partial charge in [0.2, 0.25) is 0 Å². The zero-order valence-electron chi connectivity index (χ0n) is 14.8. The molecule has 5 nitrogen and oxygen atoms in total. The molecule has 1 amide bonds. The summed E-state index contributed by atoms with van der Waals surface area (Å²) in [5.74, 6) is -3.86. The number of hydrogen-bond donors (Lipinski definition) is 1. The molecule has 0 aromatic heterocycles. The van der Waals surface area contributed by atoms with Crippen LogP contribution >= 0.6 is 0 Å².